The fourth-order valence-electron chi connectivity index (χ4n) is 1.15. The molecule has 4 nitrogen and oxygen atoms in total. The fourth-order valence-corrected chi connectivity index (χ4v) is 1.75. The van der Waals surface area contributed by atoms with Crippen LogP contribution < -0.4 is 0 Å². The zero-order valence-corrected chi connectivity index (χ0v) is 13.1. The molecule has 0 aliphatic carbocycles. The summed E-state index contributed by atoms with van der Waals surface area (Å²) >= 11 is 7.74. The highest BCUT2D eigenvalue weighted by Gasteiger charge is 2.41. The van der Waals surface area contributed by atoms with Crippen LogP contribution in [-0.4, -0.2) is 36.0 Å². The Morgan fingerprint density at radius 3 is 2.50 bits per heavy atom. The lowest BCUT2D eigenvalue weighted by Crippen LogP contribution is -2.32. The topological polar surface area (TPSA) is 44.2 Å². The summed E-state index contributed by atoms with van der Waals surface area (Å²) in [6.45, 7) is -1.71. The van der Waals surface area contributed by atoms with Crippen LogP contribution >= 0.6 is 34.2 Å². The van der Waals surface area contributed by atoms with E-state index >= 15 is 0 Å². The van der Waals surface area contributed by atoms with Crippen molar-refractivity contribution < 1.29 is 27.0 Å². The minimum absolute atomic E-state index is 0.0209. The lowest BCUT2D eigenvalue weighted by molar-refractivity contribution is -0.168. The molecule has 114 valence electrons. The Hall–Kier alpha value is -0.260. The normalized spacial score (nSPS) is 12.2. The molecule has 0 saturated heterocycles. The van der Waals surface area contributed by atoms with Crippen molar-refractivity contribution >= 4 is 34.2 Å². The van der Waals surface area contributed by atoms with Gasteiger partial charge in [0.25, 0.3) is 0 Å². The molecule has 0 aromatic carbocycles. The maximum Gasteiger partial charge on any atom is 0.330 e. The van der Waals surface area contributed by atoms with Crippen LogP contribution in [0.1, 0.15) is 11.5 Å². The third kappa shape index (κ3) is 4.93. The molecule has 0 radical (unpaired) electrons. The van der Waals surface area contributed by atoms with Gasteiger partial charge in [-0.05, 0) is 22.6 Å². The quantitative estimate of drug-likeness (QED) is 0.380. The molecule has 0 amide bonds. The average molecular weight is 429 g/mol. The van der Waals surface area contributed by atoms with E-state index in [4.69, 9.17) is 16.3 Å². The molecule has 1 rings (SSSR count). The average Bonchev–Trinajstić information content (AvgIpc) is 2.35. The minimum atomic E-state index is -4.21. The van der Waals surface area contributed by atoms with Gasteiger partial charge >= 0.3 is 12.3 Å². The van der Waals surface area contributed by atoms with E-state index in [0.717, 1.165) is 0 Å². The van der Waals surface area contributed by atoms with Crippen LogP contribution in [-0.2, 0) is 22.7 Å². The van der Waals surface area contributed by atoms with Gasteiger partial charge in [-0.25, -0.2) is 18.7 Å². The van der Waals surface area contributed by atoms with Gasteiger partial charge in [-0.15, -0.1) is 0 Å². The monoisotopic (exact) mass is 428 g/mol. The van der Waals surface area contributed by atoms with E-state index in [2.05, 4.69) is 14.7 Å². The molecule has 0 spiro atoms. The first-order valence-corrected chi connectivity index (χ1v) is 6.67. The summed E-state index contributed by atoms with van der Waals surface area (Å²) in [6, 6.07) is 0. The third-order valence-corrected chi connectivity index (χ3v) is 3.78. The standard InChI is InChI=1S/C10H10ClF4IN2O2/c1-19-2-5-7(16)8(11)18-6(17-5)3-20-4-10(14,15)9(12)13/h9H,2-4H2,1H3. The largest absolute Gasteiger partial charge is 0.378 e. The molecule has 0 N–H and O–H groups in total. The number of ether oxygens (including phenoxy) is 2. The van der Waals surface area contributed by atoms with Crippen molar-refractivity contribution in [1.82, 2.24) is 9.97 Å². The Labute approximate surface area is 131 Å². The van der Waals surface area contributed by atoms with Gasteiger partial charge < -0.3 is 9.47 Å². The highest BCUT2D eigenvalue weighted by atomic mass is 127. The van der Waals surface area contributed by atoms with Crippen LogP contribution in [0.5, 0.6) is 0 Å². The summed E-state index contributed by atoms with van der Waals surface area (Å²) in [6.07, 6.45) is -3.78. The first-order chi connectivity index (χ1) is 9.27. The summed E-state index contributed by atoms with van der Waals surface area (Å²) in [4.78, 5) is 7.82. The van der Waals surface area contributed by atoms with Crippen LogP contribution in [0.25, 0.3) is 0 Å². The molecule has 1 aromatic rings. The molecular weight excluding hydrogens is 418 g/mol. The number of hydrogen-bond donors (Lipinski definition) is 0. The Kier molecular flexibility index (Phi) is 6.82. The van der Waals surface area contributed by atoms with Gasteiger partial charge in [-0.3, -0.25) is 0 Å². The second-order valence-corrected chi connectivity index (χ2v) is 5.12. The van der Waals surface area contributed by atoms with E-state index in [1.54, 1.807) is 0 Å². The van der Waals surface area contributed by atoms with Crippen molar-refractivity contribution in [2.75, 3.05) is 13.7 Å². The summed E-state index contributed by atoms with van der Waals surface area (Å²) in [5.41, 5.74) is 0.465. The second-order valence-electron chi connectivity index (χ2n) is 3.68. The predicted molar refractivity (Wildman–Crippen MR) is 71.1 cm³/mol. The SMILES string of the molecule is COCc1nc(COCC(F)(F)C(F)F)nc(Cl)c1I. The van der Waals surface area contributed by atoms with Gasteiger partial charge in [0, 0.05) is 7.11 Å². The van der Waals surface area contributed by atoms with Crippen LogP contribution in [0.3, 0.4) is 0 Å². The highest BCUT2D eigenvalue weighted by Crippen LogP contribution is 2.24. The van der Waals surface area contributed by atoms with Gasteiger partial charge in [-0.1, -0.05) is 11.6 Å². The van der Waals surface area contributed by atoms with Crippen molar-refractivity contribution in [3.63, 3.8) is 0 Å². The molecule has 0 fully saturated rings. The summed E-state index contributed by atoms with van der Waals surface area (Å²) in [5.74, 6) is -4.19. The van der Waals surface area contributed by atoms with Gasteiger partial charge in [0.05, 0.1) is 15.9 Å². The summed E-state index contributed by atoms with van der Waals surface area (Å²) < 4.78 is 59.1. The molecule has 0 bridgehead atoms. The van der Waals surface area contributed by atoms with Crippen molar-refractivity contribution in [2.24, 2.45) is 0 Å². The number of alkyl halides is 4. The fraction of sp³-hybridized carbons (Fsp3) is 0.600. The van der Waals surface area contributed by atoms with Gasteiger partial charge in [0.15, 0.2) is 5.82 Å². The lowest BCUT2D eigenvalue weighted by atomic mass is 10.4. The maximum atomic E-state index is 12.6. The van der Waals surface area contributed by atoms with E-state index in [0.29, 0.717) is 9.26 Å². The van der Waals surface area contributed by atoms with Crippen LogP contribution in [0, 0.1) is 3.57 Å². The molecule has 0 aliphatic heterocycles. The Bertz CT molecular complexity index is 465. The van der Waals surface area contributed by atoms with Crippen LogP contribution in [0.4, 0.5) is 17.6 Å². The third-order valence-electron chi connectivity index (χ3n) is 2.05. The zero-order chi connectivity index (χ0) is 15.3. The molecule has 0 unspecified atom stereocenters. The van der Waals surface area contributed by atoms with E-state index < -0.39 is 25.6 Å². The van der Waals surface area contributed by atoms with Gasteiger partial charge in [-0.2, -0.15) is 8.78 Å². The van der Waals surface area contributed by atoms with Gasteiger partial charge in [0.2, 0.25) is 0 Å². The lowest BCUT2D eigenvalue weighted by Gasteiger charge is -2.15. The van der Waals surface area contributed by atoms with Crippen molar-refractivity contribution in [1.29, 1.82) is 0 Å². The summed E-state index contributed by atoms with van der Waals surface area (Å²) in [7, 11) is 1.45. The molecular formula is C10H10ClF4IN2O2. The number of halogens is 6. The van der Waals surface area contributed by atoms with Crippen LogP contribution in [0.15, 0.2) is 0 Å². The Morgan fingerprint density at radius 2 is 1.95 bits per heavy atom. The highest BCUT2D eigenvalue weighted by molar-refractivity contribution is 14.1. The van der Waals surface area contributed by atoms with E-state index in [9.17, 15) is 17.6 Å². The number of methoxy groups -OCH3 is 1. The van der Waals surface area contributed by atoms with Gasteiger partial charge in [0.1, 0.15) is 18.4 Å². The predicted octanol–water partition coefficient (Wildman–Crippen LogP) is 3.30. The first-order valence-electron chi connectivity index (χ1n) is 5.21. The molecule has 1 heterocycles. The number of rotatable bonds is 7. The Balaban J connectivity index is 2.69. The smallest absolute Gasteiger partial charge is 0.330 e. The molecule has 1 aromatic heterocycles. The van der Waals surface area contributed by atoms with Crippen LogP contribution in [0.2, 0.25) is 5.15 Å². The number of nitrogens with zero attached hydrogens (tertiary/aromatic N) is 2. The van der Waals surface area contributed by atoms with Crippen molar-refractivity contribution in [2.45, 2.75) is 25.6 Å². The number of hydrogen-bond acceptors (Lipinski definition) is 4. The van der Waals surface area contributed by atoms with E-state index in [1.807, 2.05) is 22.6 Å². The Morgan fingerprint density at radius 1 is 1.30 bits per heavy atom. The minimum Gasteiger partial charge on any atom is -0.378 e. The molecule has 0 atom stereocenters. The van der Waals surface area contributed by atoms with E-state index in [1.165, 1.54) is 7.11 Å². The maximum absolute atomic E-state index is 12.6. The second kappa shape index (κ2) is 7.66. The molecule has 0 saturated carbocycles. The molecule has 20 heavy (non-hydrogen) atoms. The number of aromatic nitrogens is 2. The molecule has 0 aliphatic rings. The van der Waals surface area contributed by atoms with E-state index in [-0.39, 0.29) is 17.6 Å². The first kappa shape index (κ1) is 17.8. The molecule has 10 heteroatoms. The summed E-state index contributed by atoms with van der Waals surface area (Å²) in [5, 5.41) is 0.117. The zero-order valence-electron chi connectivity index (χ0n) is 10.2. The van der Waals surface area contributed by atoms with Crippen molar-refractivity contribution in [3.8, 4) is 0 Å². The van der Waals surface area contributed by atoms with Crippen molar-refractivity contribution in [3.05, 3.63) is 20.2 Å².